The minimum absolute atomic E-state index is 0.0865. The zero-order chi connectivity index (χ0) is 16.7. The molecule has 1 amide bonds. The highest BCUT2D eigenvalue weighted by molar-refractivity contribution is 9.10. The first-order valence-electron chi connectivity index (χ1n) is 6.50. The monoisotopic (exact) mass is 377 g/mol. The van der Waals surface area contributed by atoms with Gasteiger partial charge in [-0.15, -0.1) is 0 Å². The number of benzene rings is 2. The van der Waals surface area contributed by atoms with E-state index in [1.165, 1.54) is 18.3 Å². The van der Waals surface area contributed by atoms with E-state index in [4.69, 9.17) is 4.74 Å². The molecule has 2 aromatic rings. The van der Waals surface area contributed by atoms with Crippen LogP contribution in [-0.2, 0) is 4.79 Å². The van der Waals surface area contributed by atoms with Gasteiger partial charge >= 0.3 is 0 Å². The number of nitrogens with zero attached hydrogens (tertiary/aromatic N) is 2. The van der Waals surface area contributed by atoms with Crippen LogP contribution < -0.4 is 10.2 Å². The molecule has 0 radical (unpaired) electrons. The minimum atomic E-state index is -0.514. The molecule has 0 saturated heterocycles. The molecule has 23 heavy (non-hydrogen) atoms. The number of hydrogen-bond acceptors (Lipinski definition) is 5. The Hall–Kier alpha value is -2.74. The first-order chi connectivity index (χ1) is 11.1. The average Bonchev–Trinajstić information content (AvgIpc) is 2.54. The van der Waals surface area contributed by atoms with Gasteiger partial charge in [0.15, 0.2) is 6.61 Å². The number of halogens is 1. The van der Waals surface area contributed by atoms with Gasteiger partial charge < -0.3 is 4.74 Å². The standard InChI is InChI=1S/C15H12BrN3O4/c16-12-5-7-13(8-6-12)23-10-15(20)18-17-9-11-3-1-2-4-14(11)19(21)22/h1-9H,10H2,(H,18,20)/b17-9-. The minimum Gasteiger partial charge on any atom is -0.484 e. The van der Waals surface area contributed by atoms with Gasteiger partial charge in [-0.25, -0.2) is 5.43 Å². The largest absolute Gasteiger partial charge is 0.484 e. The van der Waals surface area contributed by atoms with Gasteiger partial charge in [0, 0.05) is 10.5 Å². The third-order valence-corrected chi connectivity index (χ3v) is 3.24. The molecule has 2 rings (SSSR count). The second kappa shape index (κ2) is 8.04. The predicted molar refractivity (Wildman–Crippen MR) is 88.5 cm³/mol. The Labute approximate surface area is 140 Å². The molecule has 0 aliphatic heterocycles. The SMILES string of the molecule is O=C(COc1ccc(Br)cc1)N/N=C\c1ccccc1[N+](=O)[O-]. The summed E-state index contributed by atoms with van der Waals surface area (Å²) in [6.07, 6.45) is 1.22. The number of ether oxygens (including phenoxy) is 1. The Bertz CT molecular complexity index is 732. The number of hydrazone groups is 1. The van der Waals surface area contributed by atoms with Gasteiger partial charge in [0.05, 0.1) is 16.7 Å². The third-order valence-electron chi connectivity index (χ3n) is 2.71. The summed E-state index contributed by atoms with van der Waals surface area (Å²) in [5.74, 6) is 0.0776. The van der Waals surface area contributed by atoms with E-state index >= 15 is 0 Å². The maximum Gasteiger partial charge on any atom is 0.278 e. The molecule has 0 aromatic heterocycles. The fourth-order valence-corrected chi connectivity index (χ4v) is 1.91. The highest BCUT2D eigenvalue weighted by atomic mass is 79.9. The van der Waals surface area contributed by atoms with Gasteiger partial charge in [0.25, 0.3) is 11.6 Å². The van der Waals surface area contributed by atoms with Gasteiger partial charge in [0.2, 0.25) is 0 Å². The number of nitrogens with one attached hydrogen (secondary N) is 1. The summed E-state index contributed by atoms with van der Waals surface area (Å²) < 4.78 is 6.18. The van der Waals surface area contributed by atoms with Crippen LogP contribution in [0, 0.1) is 10.1 Å². The Balaban J connectivity index is 1.87. The summed E-state index contributed by atoms with van der Waals surface area (Å²) >= 11 is 3.30. The van der Waals surface area contributed by atoms with E-state index in [1.807, 2.05) is 0 Å². The number of amides is 1. The Morgan fingerprint density at radius 1 is 1.26 bits per heavy atom. The molecule has 0 bridgehead atoms. The second-order valence-electron chi connectivity index (χ2n) is 4.35. The molecule has 118 valence electrons. The van der Waals surface area contributed by atoms with Crippen LogP contribution in [0.2, 0.25) is 0 Å². The van der Waals surface area contributed by atoms with Gasteiger partial charge in [-0.2, -0.15) is 5.10 Å². The van der Waals surface area contributed by atoms with Crippen molar-refractivity contribution >= 4 is 33.7 Å². The van der Waals surface area contributed by atoms with E-state index in [9.17, 15) is 14.9 Å². The molecule has 0 aliphatic rings. The molecule has 0 saturated carbocycles. The number of para-hydroxylation sites is 1. The maximum atomic E-state index is 11.6. The lowest BCUT2D eigenvalue weighted by Crippen LogP contribution is -2.24. The summed E-state index contributed by atoms with van der Waals surface area (Å²) in [5, 5.41) is 14.5. The first kappa shape index (κ1) is 16.6. The molecule has 7 nitrogen and oxygen atoms in total. The van der Waals surface area contributed by atoms with Crippen molar-refractivity contribution in [1.29, 1.82) is 0 Å². The van der Waals surface area contributed by atoms with Gasteiger partial charge in [-0.1, -0.05) is 28.1 Å². The average molecular weight is 378 g/mol. The van der Waals surface area contributed by atoms with E-state index in [0.29, 0.717) is 11.3 Å². The van der Waals surface area contributed by atoms with Gasteiger partial charge in [0.1, 0.15) is 5.75 Å². The van der Waals surface area contributed by atoms with Crippen molar-refractivity contribution in [2.45, 2.75) is 0 Å². The fraction of sp³-hybridized carbons (Fsp3) is 0.0667. The van der Waals surface area contributed by atoms with E-state index < -0.39 is 10.8 Å². The number of rotatable bonds is 6. The highest BCUT2D eigenvalue weighted by Crippen LogP contribution is 2.16. The van der Waals surface area contributed by atoms with Crippen molar-refractivity contribution in [1.82, 2.24) is 5.43 Å². The van der Waals surface area contributed by atoms with Gasteiger partial charge in [-0.05, 0) is 30.3 Å². The lowest BCUT2D eigenvalue weighted by Gasteiger charge is -2.04. The predicted octanol–water partition coefficient (Wildman–Crippen LogP) is 2.89. The number of hydrogen-bond donors (Lipinski definition) is 1. The van der Waals surface area contributed by atoms with Crippen LogP contribution in [0.4, 0.5) is 5.69 Å². The number of carbonyl (C=O) groups is 1. The normalized spacial score (nSPS) is 10.5. The lowest BCUT2D eigenvalue weighted by atomic mass is 10.2. The smallest absolute Gasteiger partial charge is 0.278 e. The topological polar surface area (TPSA) is 93.8 Å². The summed E-state index contributed by atoms with van der Waals surface area (Å²) in [4.78, 5) is 21.9. The number of nitro benzene ring substituents is 1. The maximum absolute atomic E-state index is 11.6. The molecule has 0 unspecified atom stereocenters. The summed E-state index contributed by atoms with van der Waals surface area (Å²) in [7, 11) is 0. The molecule has 0 heterocycles. The molecular weight excluding hydrogens is 366 g/mol. The first-order valence-corrected chi connectivity index (χ1v) is 7.29. The van der Waals surface area contributed by atoms with Crippen molar-refractivity contribution < 1.29 is 14.5 Å². The Morgan fingerprint density at radius 3 is 2.65 bits per heavy atom. The molecule has 0 spiro atoms. The van der Waals surface area contributed by atoms with Crippen molar-refractivity contribution in [2.75, 3.05) is 6.61 Å². The zero-order valence-electron chi connectivity index (χ0n) is 11.8. The van der Waals surface area contributed by atoms with E-state index in [-0.39, 0.29) is 12.3 Å². The van der Waals surface area contributed by atoms with Crippen LogP contribution in [-0.4, -0.2) is 23.7 Å². The van der Waals surface area contributed by atoms with E-state index in [0.717, 1.165) is 4.47 Å². The van der Waals surface area contributed by atoms with Crippen LogP contribution in [0.25, 0.3) is 0 Å². The van der Waals surface area contributed by atoms with Crippen LogP contribution in [0.3, 0.4) is 0 Å². The quantitative estimate of drug-likeness (QED) is 0.475. The molecule has 1 N–H and O–H groups in total. The Morgan fingerprint density at radius 2 is 1.96 bits per heavy atom. The van der Waals surface area contributed by atoms with Crippen LogP contribution in [0.15, 0.2) is 58.1 Å². The zero-order valence-corrected chi connectivity index (χ0v) is 13.4. The van der Waals surface area contributed by atoms with Crippen LogP contribution >= 0.6 is 15.9 Å². The Kier molecular flexibility index (Phi) is 5.81. The van der Waals surface area contributed by atoms with E-state index in [2.05, 4.69) is 26.5 Å². The van der Waals surface area contributed by atoms with Crippen molar-refractivity contribution in [3.05, 3.63) is 68.7 Å². The van der Waals surface area contributed by atoms with Crippen molar-refractivity contribution in [3.8, 4) is 5.75 Å². The molecule has 2 aromatic carbocycles. The van der Waals surface area contributed by atoms with Crippen molar-refractivity contribution in [2.24, 2.45) is 5.10 Å². The third kappa shape index (κ3) is 5.19. The fourth-order valence-electron chi connectivity index (χ4n) is 1.65. The number of nitro groups is 1. The highest BCUT2D eigenvalue weighted by Gasteiger charge is 2.10. The van der Waals surface area contributed by atoms with Crippen LogP contribution in [0.1, 0.15) is 5.56 Å². The molecule has 0 aliphatic carbocycles. The molecule has 8 heteroatoms. The molecule has 0 fully saturated rings. The van der Waals surface area contributed by atoms with Gasteiger partial charge in [-0.3, -0.25) is 14.9 Å². The van der Waals surface area contributed by atoms with Crippen LogP contribution in [0.5, 0.6) is 5.75 Å². The summed E-state index contributed by atoms with van der Waals surface area (Å²) in [6.45, 7) is -0.212. The van der Waals surface area contributed by atoms with Crippen molar-refractivity contribution in [3.63, 3.8) is 0 Å². The molecular formula is C15H12BrN3O4. The molecule has 0 atom stereocenters. The summed E-state index contributed by atoms with van der Waals surface area (Å²) in [6, 6.07) is 13.1. The lowest BCUT2D eigenvalue weighted by molar-refractivity contribution is -0.385. The van der Waals surface area contributed by atoms with E-state index in [1.54, 1.807) is 36.4 Å². The number of carbonyl (C=O) groups excluding carboxylic acids is 1. The summed E-state index contributed by atoms with van der Waals surface area (Å²) in [5.41, 5.74) is 2.46. The second-order valence-corrected chi connectivity index (χ2v) is 5.27.